The van der Waals surface area contributed by atoms with Crippen molar-refractivity contribution < 1.29 is 27.5 Å². The van der Waals surface area contributed by atoms with Crippen LogP contribution in [0.5, 0.6) is 0 Å². The van der Waals surface area contributed by atoms with Crippen molar-refractivity contribution in [2.75, 3.05) is 11.5 Å². The number of sulfone groups is 1. The van der Waals surface area contributed by atoms with E-state index in [0.717, 1.165) is 4.90 Å². The van der Waals surface area contributed by atoms with Crippen LogP contribution in [-0.2, 0) is 19.4 Å². The molecular weight excluding hydrogens is 397 g/mol. The molecule has 2 saturated heterocycles. The number of carbonyl (C=O) groups excluding carboxylic acids is 2. The van der Waals surface area contributed by atoms with Crippen molar-refractivity contribution in [3.05, 3.63) is 77.1 Å². The summed E-state index contributed by atoms with van der Waals surface area (Å²) in [6, 6.07) is 11.9. The molecular formula is C21H18FNO5S. The number of aliphatic hydroxyl groups is 1. The zero-order valence-corrected chi connectivity index (χ0v) is 16.1. The maximum absolute atomic E-state index is 14.7. The highest BCUT2D eigenvalue weighted by Crippen LogP contribution is 2.42. The van der Waals surface area contributed by atoms with E-state index < -0.39 is 45.2 Å². The van der Waals surface area contributed by atoms with Crippen LogP contribution in [0.15, 0.2) is 60.2 Å². The van der Waals surface area contributed by atoms with Crippen LogP contribution in [0, 0.1) is 5.82 Å². The van der Waals surface area contributed by atoms with E-state index in [0.29, 0.717) is 5.56 Å². The van der Waals surface area contributed by atoms with Crippen LogP contribution in [0.1, 0.15) is 23.6 Å². The van der Waals surface area contributed by atoms with Gasteiger partial charge in [-0.25, -0.2) is 12.8 Å². The zero-order chi connectivity index (χ0) is 20.8. The fourth-order valence-corrected chi connectivity index (χ4v) is 5.69. The maximum atomic E-state index is 14.7. The van der Waals surface area contributed by atoms with E-state index >= 15 is 0 Å². The summed E-state index contributed by atoms with van der Waals surface area (Å²) in [5.74, 6) is -3.36. The number of aliphatic hydroxyl groups excluding tert-OH is 1. The minimum atomic E-state index is -3.36. The van der Waals surface area contributed by atoms with Crippen LogP contribution >= 0.6 is 0 Å². The van der Waals surface area contributed by atoms with E-state index in [4.69, 9.17) is 0 Å². The van der Waals surface area contributed by atoms with Crippen LogP contribution < -0.4 is 0 Å². The first-order chi connectivity index (χ1) is 13.8. The average molecular weight is 415 g/mol. The molecule has 2 aliphatic rings. The third kappa shape index (κ3) is 3.33. The molecule has 2 heterocycles. The maximum Gasteiger partial charge on any atom is 0.295 e. The van der Waals surface area contributed by atoms with Crippen molar-refractivity contribution in [3.8, 4) is 0 Å². The molecule has 0 bridgehead atoms. The number of amides is 1. The lowest BCUT2D eigenvalue weighted by atomic mass is 9.94. The Kier molecular flexibility index (Phi) is 4.74. The van der Waals surface area contributed by atoms with Gasteiger partial charge in [-0.05, 0) is 12.5 Å². The van der Waals surface area contributed by atoms with E-state index in [1.54, 1.807) is 36.4 Å². The molecule has 0 spiro atoms. The van der Waals surface area contributed by atoms with Gasteiger partial charge in [0.1, 0.15) is 11.6 Å². The first-order valence-electron chi connectivity index (χ1n) is 9.10. The second-order valence-electron chi connectivity index (χ2n) is 7.15. The molecule has 1 amide bonds. The summed E-state index contributed by atoms with van der Waals surface area (Å²) in [7, 11) is -3.36. The van der Waals surface area contributed by atoms with Gasteiger partial charge in [0.2, 0.25) is 0 Å². The number of halogens is 1. The number of likely N-dealkylation sites (tertiary alicyclic amines) is 1. The quantitative estimate of drug-likeness (QED) is 0.472. The topological polar surface area (TPSA) is 91.8 Å². The van der Waals surface area contributed by atoms with E-state index in [-0.39, 0.29) is 29.1 Å². The second-order valence-corrected chi connectivity index (χ2v) is 9.38. The minimum absolute atomic E-state index is 0.0356. The van der Waals surface area contributed by atoms with E-state index in [2.05, 4.69) is 0 Å². The first-order valence-corrected chi connectivity index (χ1v) is 10.9. The van der Waals surface area contributed by atoms with Gasteiger partial charge in [-0.2, -0.15) is 0 Å². The fraction of sp³-hybridized carbons (Fsp3) is 0.238. The monoisotopic (exact) mass is 415 g/mol. The Morgan fingerprint density at radius 1 is 1.03 bits per heavy atom. The van der Waals surface area contributed by atoms with Gasteiger partial charge in [0.25, 0.3) is 11.7 Å². The highest BCUT2D eigenvalue weighted by molar-refractivity contribution is 7.91. The highest BCUT2D eigenvalue weighted by atomic mass is 32.2. The standard InChI is InChI=1S/C21H18FNO5S/c22-16-9-5-4-8-15(16)18-17(19(24)13-6-2-1-3-7-13)20(25)21(26)23(18)14-10-11-29(27,28)12-14/h1-9,14,18,24H,10-12H2/t14-,18+/m0/s1. The molecule has 1 N–H and O–H groups in total. The Morgan fingerprint density at radius 3 is 2.31 bits per heavy atom. The second kappa shape index (κ2) is 7.11. The fourth-order valence-electron chi connectivity index (χ4n) is 3.98. The Labute approximate surface area is 167 Å². The Morgan fingerprint density at radius 2 is 1.69 bits per heavy atom. The van der Waals surface area contributed by atoms with E-state index in [9.17, 15) is 27.5 Å². The third-order valence-corrected chi connectivity index (χ3v) is 7.08. The van der Waals surface area contributed by atoms with Crippen LogP contribution in [-0.4, -0.2) is 47.7 Å². The summed E-state index contributed by atoms with van der Waals surface area (Å²) in [4.78, 5) is 26.8. The Bertz CT molecular complexity index is 1130. The van der Waals surface area contributed by atoms with Gasteiger partial charge in [0.05, 0.1) is 23.1 Å². The van der Waals surface area contributed by atoms with Gasteiger partial charge in [-0.15, -0.1) is 0 Å². The van der Waals surface area contributed by atoms with E-state index in [1.807, 2.05) is 0 Å². The molecule has 0 unspecified atom stereocenters. The number of hydrogen-bond donors (Lipinski definition) is 1. The zero-order valence-electron chi connectivity index (χ0n) is 15.3. The van der Waals surface area contributed by atoms with Gasteiger partial charge >= 0.3 is 0 Å². The van der Waals surface area contributed by atoms with Crippen LogP contribution in [0.2, 0.25) is 0 Å². The summed E-state index contributed by atoms with van der Waals surface area (Å²) in [6.45, 7) is 0. The average Bonchev–Trinajstić information content (AvgIpc) is 3.19. The van der Waals surface area contributed by atoms with Crippen molar-refractivity contribution in [2.45, 2.75) is 18.5 Å². The lowest BCUT2D eigenvalue weighted by molar-refractivity contribution is -0.141. The summed E-state index contributed by atoms with van der Waals surface area (Å²) < 4.78 is 38.6. The van der Waals surface area contributed by atoms with Crippen molar-refractivity contribution in [1.82, 2.24) is 4.90 Å². The number of rotatable bonds is 3. The van der Waals surface area contributed by atoms with Gasteiger partial charge in [-0.3, -0.25) is 9.59 Å². The molecule has 150 valence electrons. The summed E-state index contributed by atoms with van der Waals surface area (Å²) >= 11 is 0. The van der Waals surface area contributed by atoms with Crippen molar-refractivity contribution in [1.29, 1.82) is 0 Å². The van der Waals surface area contributed by atoms with Crippen molar-refractivity contribution >= 4 is 27.3 Å². The molecule has 2 aromatic carbocycles. The molecule has 0 saturated carbocycles. The molecule has 29 heavy (non-hydrogen) atoms. The van der Waals surface area contributed by atoms with Gasteiger partial charge in [0.15, 0.2) is 9.84 Å². The first kappa shape index (κ1) is 19.3. The van der Waals surface area contributed by atoms with Gasteiger partial charge < -0.3 is 10.0 Å². The van der Waals surface area contributed by atoms with Gasteiger partial charge in [0, 0.05) is 17.2 Å². The Balaban J connectivity index is 1.92. The minimum Gasteiger partial charge on any atom is -0.507 e. The molecule has 2 atom stereocenters. The number of hydrogen-bond acceptors (Lipinski definition) is 5. The molecule has 6 nitrogen and oxygen atoms in total. The number of carbonyl (C=O) groups is 2. The number of nitrogens with zero attached hydrogens (tertiary/aromatic N) is 1. The molecule has 0 radical (unpaired) electrons. The van der Waals surface area contributed by atoms with Crippen LogP contribution in [0.25, 0.3) is 5.76 Å². The molecule has 0 aliphatic carbocycles. The molecule has 2 aliphatic heterocycles. The smallest absolute Gasteiger partial charge is 0.295 e. The predicted octanol–water partition coefficient (Wildman–Crippen LogP) is 2.43. The summed E-state index contributed by atoms with van der Waals surface area (Å²) in [5.41, 5.74) is 0.106. The predicted molar refractivity (Wildman–Crippen MR) is 104 cm³/mol. The van der Waals surface area contributed by atoms with Crippen molar-refractivity contribution in [2.24, 2.45) is 0 Å². The van der Waals surface area contributed by atoms with Gasteiger partial charge in [-0.1, -0.05) is 48.5 Å². The number of Topliss-reactive ketones (excluding diaryl/α,β-unsaturated/α-hetero) is 1. The molecule has 2 fully saturated rings. The molecule has 0 aromatic heterocycles. The SMILES string of the molecule is O=C1C(=O)N([C@H]2CCS(=O)(=O)C2)[C@H](c2ccccc2F)C1=C(O)c1ccccc1. The van der Waals surface area contributed by atoms with Crippen LogP contribution in [0.3, 0.4) is 0 Å². The Hall–Kier alpha value is -3.00. The molecule has 4 rings (SSSR count). The summed E-state index contributed by atoms with van der Waals surface area (Å²) in [6.07, 6.45) is 0.158. The highest BCUT2D eigenvalue weighted by Gasteiger charge is 2.51. The van der Waals surface area contributed by atoms with E-state index in [1.165, 1.54) is 18.2 Å². The summed E-state index contributed by atoms with van der Waals surface area (Å²) in [5, 5.41) is 10.8. The number of ketones is 1. The molecule has 8 heteroatoms. The lowest BCUT2D eigenvalue weighted by Gasteiger charge is -2.30. The van der Waals surface area contributed by atoms with Crippen LogP contribution in [0.4, 0.5) is 4.39 Å². The third-order valence-electron chi connectivity index (χ3n) is 5.33. The molecule has 2 aromatic rings. The van der Waals surface area contributed by atoms with Crippen molar-refractivity contribution in [3.63, 3.8) is 0 Å². The largest absolute Gasteiger partial charge is 0.507 e. The normalized spacial score (nSPS) is 25.5. The lowest BCUT2D eigenvalue weighted by Crippen LogP contribution is -2.40. The number of benzene rings is 2.